The molecule has 1 atom stereocenters. The van der Waals surface area contributed by atoms with E-state index in [4.69, 9.17) is 10.8 Å². The first-order valence-electron chi connectivity index (χ1n) is 5.77. The summed E-state index contributed by atoms with van der Waals surface area (Å²) in [4.78, 5) is 32.8. The topological polar surface area (TPSA) is 109 Å². The first kappa shape index (κ1) is 15.4. The molecule has 6 nitrogen and oxygen atoms in total. The van der Waals surface area contributed by atoms with Crippen LogP contribution >= 0.6 is 0 Å². The largest absolute Gasteiger partial charge is 0.481 e. The van der Waals surface area contributed by atoms with Crippen molar-refractivity contribution in [1.29, 1.82) is 0 Å². The first-order chi connectivity index (χ1) is 7.97. The second kappa shape index (κ2) is 8.55. The molecule has 0 aliphatic rings. The van der Waals surface area contributed by atoms with Crippen LogP contribution < -0.4 is 11.1 Å². The number of aliphatic carboxylic acids is 1. The summed E-state index contributed by atoms with van der Waals surface area (Å²) in [6, 6.07) is -0.889. The minimum atomic E-state index is -1.02. The number of nitrogens with two attached hydrogens (primary N) is 1. The molecule has 17 heavy (non-hydrogen) atoms. The van der Waals surface area contributed by atoms with Gasteiger partial charge in [0.1, 0.15) is 6.04 Å². The van der Waals surface area contributed by atoms with Crippen LogP contribution in [0.25, 0.3) is 0 Å². The molecule has 6 heteroatoms. The predicted octanol–water partition coefficient (Wildman–Crippen LogP) is 0.402. The minimum absolute atomic E-state index is 0.0319. The van der Waals surface area contributed by atoms with Gasteiger partial charge >= 0.3 is 5.97 Å². The normalized spacial score (nSPS) is 11.8. The molecule has 0 radical (unpaired) electrons. The highest BCUT2D eigenvalue weighted by Crippen LogP contribution is 2.01. The van der Waals surface area contributed by atoms with Gasteiger partial charge in [-0.25, -0.2) is 0 Å². The van der Waals surface area contributed by atoms with E-state index < -0.39 is 17.9 Å². The van der Waals surface area contributed by atoms with Crippen LogP contribution in [-0.2, 0) is 14.4 Å². The lowest BCUT2D eigenvalue weighted by Crippen LogP contribution is -2.44. The van der Waals surface area contributed by atoms with Crippen molar-refractivity contribution in [3.05, 3.63) is 0 Å². The average molecular weight is 244 g/mol. The molecular weight excluding hydrogens is 224 g/mol. The summed E-state index contributed by atoms with van der Waals surface area (Å²) in [5, 5.41) is 10.9. The van der Waals surface area contributed by atoms with E-state index in [0.29, 0.717) is 6.42 Å². The van der Waals surface area contributed by atoms with Gasteiger partial charge in [0, 0.05) is 12.8 Å². The van der Waals surface area contributed by atoms with Gasteiger partial charge in [-0.2, -0.15) is 0 Å². The van der Waals surface area contributed by atoms with Crippen molar-refractivity contribution in [2.75, 3.05) is 0 Å². The van der Waals surface area contributed by atoms with E-state index in [9.17, 15) is 14.4 Å². The van der Waals surface area contributed by atoms with Gasteiger partial charge < -0.3 is 16.2 Å². The summed E-state index contributed by atoms with van der Waals surface area (Å²) in [5.41, 5.74) is 5.08. The summed E-state index contributed by atoms with van der Waals surface area (Å²) >= 11 is 0. The molecule has 2 amide bonds. The van der Waals surface area contributed by atoms with E-state index in [1.807, 2.05) is 6.92 Å². The Bertz CT molecular complexity index is 279. The zero-order valence-corrected chi connectivity index (χ0v) is 10.1. The van der Waals surface area contributed by atoms with Crippen LogP contribution in [0.15, 0.2) is 0 Å². The number of primary amides is 1. The molecule has 0 bridgehead atoms. The van der Waals surface area contributed by atoms with Gasteiger partial charge in [0.15, 0.2) is 0 Å². The van der Waals surface area contributed by atoms with E-state index >= 15 is 0 Å². The van der Waals surface area contributed by atoms with Gasteiger partial charge in [-0.05, 0) is 12.8 Å². The van der Waals surface area contributed by atoms with Crippen molar-refractivity contribution in [3.63, 3.8) is 0 Å². The third-order valence-corrected chi connectivity index (χ3v) is 2.33. The summed E-state index contributed by atoms with van der Waals surface area (Å²) in [7, 11) is 0. The van der Waals surface area contributed by atoms with Gasteiger partial charge in [-0.1, -0.05) is 19.8 Å². The highest BCUT2D eigenvalue weighted by Gasteiger charge is 2.18. The highest BCUT2D eigenvalue weighted by atomic mass is 16.4. The predicted molar refractivity (Wildman–Crippen MR) is 62.1 cm³/mol. The summed E-state index contributed by atoms with van der Waals surface area (Å²) in [6.45, 7) is 2.02. The smallest absolute Gasteiger partial charge is 0.303 e. The van der Waals surface area contributed by atoms with Crippen LogP contribution in [-0.4, -0.2) is 28.9 Å². The zero-order valence-electron chi connectivity index (χ0n) is 10.1. The number of carbonyl (C=O) groups is 3. The number of amides is 2. The fourth-order valence-corrected chi connectivity index (χ4v) is 1.36. The second-order valence-electron chi connectivity index (χ2n) is 3.91. The Kier molecular flexibility index (Phi) is 7.75. The highest BCUT2D eigenvalue weighted by molar-refractivity contribution is 5.86. The SMILES string of the molecule is CCCCCC(=O)N[C@@H](CCC(=O)O)C(N)=O. The molecule has 0 aliphatic carbocycles. The molecule has 0 aromatic rings. The van der Waals surface area contributed by atoms with Crippen LogP contribution in [0.4, 0.5) is 0 Å². The molecule has 0 aromatic carbocycles. The zero-order chi connectivity index (χ0) is 13.3. The summed E-state index contributed by atoms with van der Waals surface area (Å²) < 4.78 is 0. The van der Waals surface area contributed by atoms with Gasteiger partial charge in [0.25, 0.3) is 0 Å². The Morgan fingerprint density at radius 3 is 2.35 bits per heavy atom. The van der Waals surface area contributed by atoms with Crippen molar-refractivity contribution in [2.45, 2.75) is 51.5 Å². The molecule has 0 unspecified atom stereocenters. The maximum Gasteiger partial charge on any atom is 0.303 e. The van der Waals surface area contributed by atoms with Crippen molar-refractivity contribution < 1.29 is 19.5 Å². The molecule has 98 valence electrons. The standard InChI is InChI=1S/C11H20N2O4/c1-2-3-4-5-9(14)13-8(11(12)17)6-7-10(15)16/h8H,2-7H2,1H3,(H2,12,17)(H,13,14)(H,15,16)/t8-/m0/s1. The maximum atomic E-state index is 11.4. The Labute approximate surface area is 101 Å². The summed E-state index contributed by atoms with van der Waals surface area (Å²) in [6.07, 6.45) is 2.89. The van der Waals surface area contributed by atoms with E-state index in [1.54, 1.807) is 0 Å². The van der Waals surface area contributed by atoms with Crippen LogP contribution in [0.2, 0.25) is 0 Å². The Morgan fingerprint density at radius 2 is 1.88 bits per heavy atom. The van der Waals surface area contributed by atoms with Crippen LogP contribution in [0.1, 0.15) is 45.4 Å². The summed E-state index contributed by atoms with van der Waals surface area (Å²) in [5.74, 6) is -1.97. The Hall–Kier alpha value is -1.59. The maximum absolute atomic E-state index is 11.4. The monoisotopic (exact) mass is 244 g/mol. The van der Waals surface area contributed by atoms with Gasteiger partial charge in [0.05, 0.1) is 0 Å². The number of unbranched alkanes of at least 4 members (excludes halogenated alkanes) is 2. The Balaban J connectivity index is 4.02. The van der Waals surface area contributed by atoms with Gasteiger partial charge in [-0.3, -0.25) is 14.4 Å². The molecule has 0 spiro atoms. The second-order valence-corrected chi connectivity index (χ2v) is 3.91. The van der Waals surface area contributed by atoms with Crippen molar-refractivity contribution in [2.24, 2.45) is 5.73 Å². The number of carboxylic acid groups (broad SMARTS) is 1. The number of carbonyl (C=O) groups excluding carboxylic acids is 2. The van der Waals surface area contributed by atoms with Crippen molar-refractivity contribution in [3.8, 4) is 0 Å². The lowest BCUT2D eigenvalue weighted by Gasteiger charge is -2.14. The third kappa shape index (κ3) is 8.24. The third-order valence-electron chi connectivity index (χ3n) is 2.33. The van der Waals surface area contributed by atoms with E-state index in [1.165, 1.54) is 0 Å². The lowest BCUT2D eigenvalue weighted by molar-refractivity contribution is -0.137. The molecular formula is C11H20N2O4. The molecule has 0 aliphatic heterocycles. The van der Waals surface area contributed by atoms with Crippen molar-refractivity contribution in [1.82, 2.24) is 5.32 Å². The fraction of sp³-hybridized carbons (Fsp3) is 0.727. The lowest BCUT2D eigenvalue weighted by atomic mass is 10.1. The number of nitrogens with one attached hydrogen (secondary N) is 1. The molecule has 0 saturated heterocycles. The van der Waals surface area contributed by atoms with Crippen LogP contribution in [0.5, 0.6) is 0 Å². The molecule has 4 N–H and O–H groups in total. The minimum Gasteiger partial charge on any atom is -0.481 e. The molecule has 0 rings (SSSR count). The number of hydrogen-bond acceptors (Lipinski definition) is 3. The molecule has 0 saturated carbocycles. The van der Waals surface area contributed by atoms with Crippen LogP contribution in [0, 0.1) is 0 Å². The Morgan fingerprint density at radius 1 is 1.24 bits per heavy atom. The van der Waals surface area contributed by atoms with Gasteiger partial charge in [0.2, 0.25) is 11.8 Å². The number of rotatable bonds is 9. The van der Waals surface area contributed by atoms with E-state index in [2.05, 4.69) is 5.32 Å². The molecule has 0 heterocycles. The molecule has 0 aromatic heterocycles. The fourth-order valence-electron chi connectivity index (χ4n) is 1.36. The first-order valence-corrected chi connectivity index (χ1v) is 5.77. The number of carboxylic acids is 1. The average Bonchev–Trinajstić information content (AvgIpc) is 2.23. The molecule has 0 fully saturated rings. The van der Waals surface area contributed by atoms with Crippen LogP contribution in [0.3, 0.4) is 0 Å². The van der Waals surface area contributed by atoms with E-state index in [-0.39, 0.29) is 18.7 Å². The number of hydrogen-bond donors (Lipinski definition) is 3. The van der Waals surface area contributed by atoms with E-state index in [0.717, 1.165) is 19.3 Å². The van der Waals surface area contributed by atoms with Gasteiger partial charge in [-0.15, -0.1) is 0 Å². The van der Waals surface area contributed by atoms with Crippen molar-refractivity contribution >= 4 is 17.8 Å². The quantitative estimate of drug-likeness (QED) is 0.510.